The van der Waals surface area contributed by atoms with E-state index in [1.165, 1.54) is 18.2 Å². The van der Waals surface area contributed by atoms with E-state index in [0.29, 0.717) is 5.02 Å². The molecule has 2 rings (SSSR count). The van der Waals surface area contributed by atoms with E-state index >= 15 is 0 Å². The van der Waals surface area contributed by atoms with Gasteiger partial charge in [0.2, 0.25) is 0 Å². The van der Waals surface area contributed by atoms with Crippen molar-refractivity contribution in [2.24, 2.45) is 0 Å². The number of hydrogen-bond donors (Lipinski definition) is 1. The lowest BCUT2D eigenvalue weighted by molar-refractivity contribution is 0.503. The minimum absolute atomic E-state index is 0.00243. The fraction of sp³-hybridized carbons (Fsp3) is 0.143. The molecule has 0 saturated carbocycles. The second-order valence-electron chi connectivity index (χ2n) is 4.18. The van der Waals surface area contributed by atoms with Crippen LogP contribution in [0.1, 0.15) is 17.2 Å². The summed E-state index contributed by atoms with van der Waals surface area (Å²) in [4.78, 5) is 0. The van der Waals surface area contributed by atoms with Crippen molar-refractivity contribution in [1.82, 2.24) is 5.32 Å². The summed E-state index contributed by atoms with van der Waals surface area (Å²) >= 11 is 11.8. The van der Waals surface area contributed by atoms with Gasteiger partial charge < -0.3 is 5.32 Å². The Balaban J connectivity index is 2.58. The molecule has 0 fully saturated rings. The van der Waals surface area contributed by atoms with Crippen LogP contribution in [0.3, 0.4) is 0 Å². The van der Waals surface area contributed by atoms with Crippen molar-refractivity contribution in [3.05, 3.63) is 69.0 Å². The molecule has 0 radical (unpaired) electrons. The summed E-state index contributed by atoms with van der Waals surface area (Å²) < 4.78 is 40.4. The third-order valence-corrected chi connectivity index (χ3v) is 3.47. The maximum absolute atomic E-state index is 13.9. The zero-order valence-corrected chi connectivity index (χ0v) is 11.9. The molecule has 20 heavy (non-hydrogen) atoms. The Hall–Kier alpha value is -1.23. The fourth-order valence-electron chi connectivity index (χ4n) is 1.97. The van der Waals surface area contributed by atoms with Gasteiger partial charge in [-0.2, -0.15) is 0 Å². The molecule has 1 unspecified atom stereocenters. The zero-order valence-electron chi connectivity index (χ0n) is 10.4. The molecule has 2 aromatic rings. The number of benzene rings is 2. The predicted molar refractivity (Wildman–Crippen MR) is 73.7 cm³/mol. The molecular weight excluding hydrogens is 310 g/mol. The lowest BCUT2D eigenvalue weighted by atomic mass is 9.98. The first-order valence-corrected chi connectivity index (χ1v) is 6.46. The van der Waals surface area contributed by atoms with Crippen molar-refractivity contribution in [2.75, 3.05) is 7.05 Å². The van der Waals surface area contributed by atoms with Gasteiger partial charge in [-0.05, 0) is 42.9 Å². The molecule has 1 nitrogen and oxygen atoms in total. The summed E-state index contributed by atoms with van der Waals surface area (Å²) in [5, 5.41) is 3.15. The van der Waals surface area contributed by atoms with Crippen molar-refractivity contribution < 1.29 is 13.2 Å². The molecule has 0 heterocycles. The average molecular weight is 320 g/mol. The summed E-state index contributed by atoms with van der Waals surface area (Å²) in [5.74, 6) is -2.62. The SMILES string of the molecule is CNC(c1cc(Cl)ccc1F)c1cc(F)c(F)cc1Cl. The Morgan fingerprint density at radius 3 is 2.20 bits per heavy atom. The topological polar surface area (TPSA) is 12.0 Å². The second-order valence-corrected chi connectivity index (χ2v) is 5.02. The first-order chi connectivity index (χ1) is 9.43. The van der Waals surface area contributed by atoms with Crippen molar-refractivity contribution >= 4 is 23.2 Å². The number of nitrogens with one attached hydrogen (secondary N) is 1. The lowest BCUT2D eigenvalue weighted by Crippen LogP contribution is -2.20. The second kappa shape index (κ2) is 6.04. The van der Waals surface area contributed by atoms with Crippen molar-refractivity contribution in [3.8, 4) is 0 Å². The van der Waals surface area contributed by atoms with E-state index in [1.807, 2.05) is 0 Å². The third-order valence-electron chi connectivity index (χ3n) is 2.91. The van der Waals surface area contributed by atoms with Gasteiger partial charge in [0.1, 0.15) is 5.82 Å². The van der Waals surface area contributed by atoms with E-state index in [2.05, 4.69) is 5.32 Å². The van der Waals surface area contributed by atoms with Crippen LogP contribution in [-0.4, -0.2) is 7.05 Å². The normalized spacial score (nSPS) is 12.5. The summed E-state index contributed by atoms with van der Waals surface area (Å²) in [6, 6.07) is 5.08. The molecule has 1 N–H and O–H groups in total. The van der Waals surface area contributed by atoms with Gasteiger partial charge in [0, 0.05) is 15.6 Å². The Bertz CT molecular complexity index is 647. The maximum atomic E-state index is 13.9. The maximum Gasteiger partial charge on any atom is 0.160 e. The standard InChI is InChI=1S/C14H10Cl2F3N/c1-20-14(9-4-7(15)2-3-11(9)17)8-5-12(18)13(19)6-10(8)16/h2-6,14,20H,1H3. The smallest absolute Gasteiger partial charge is 0.160 e. The minimum atomic E-state index is -1.06. The van der Waals surface area contributed by atoms with E-state index < -0.39 is 23.5 Å². The molecule has 0 aliphatic carbocycles. The van der Waals surface area contributed by atoms with E-state index in [4.69, 9.17) is 23.2 Å². The Kier molecular flexibility index (Phi) is 4.58. The number of hydrogen-bond acceptors (Lipinski definition) is 1. The highest BCUT2D eigenvalue weighted by Crippen LogP contribution is 2.32. The first-order valence-electron chi connectivity index (χ1n) is 5.70. The van der Waals surface area contributed by atoms with Crippen LogP contribution in [0.15, 0.2) is 30.3 Å². The van der Waals surface area contributed by atoms with Gasteiger partial charge in [-0.25, -0.2) is 13.2 Å². The van der Waals surface area contributed by atoms with Gasteiger partial charge in [-0.1, -0.05) is 23.2 Å². The van der Waals surface area contributed by atoms with Crippen molar-refractivity contribution in [2.45, 2.75) is 6.04 Å². The van der Waals surface area contributed by atoms with Gasteiger partial charge in [-0.15, -0.1) is 0 Å². The van der Waals surface area contributed by atoms with Gasteiger partial charge in [0.15, 0.2) is 11.6 Å². The molecular formula is C14H10Cl2F3N. The van der Waals surface area contributed by atoms with Crippen LogP contribution in [0, 0.1) is 17.5 Å². The molecule has 0 aliphatic rings. The quantitative estimate of drug-likeness (QED) is 0.807. The molecule has 2 aromatic carbocycles. The van der Waals surface area contributed by atoms with Crippen molar-refractivity contribution in [1.29, 1.82) is 0 Å². The highest BCUT2D eigenvalue weighted by Gasteiger charge is 2.21. The van der Waals surface area contributed by atoms with E-state index in [0.717, 1.165) is 12.1 Å². The molecule has 106 valence electrons. The van der Waals surface area contributed by atoms with Crippen LogP contribution in [-0.2, 0) is 0 Å². The van der Waals surface area contributed by atoms with Gasteiger partial charge in [0.05, 0.1) is 6.04 Å². The van der Waals surface area contributed by atoms with E-state index in [9.17, 15) is 13.2 Å². The summed E-state index contributed by atoms with van der Waals surface area (Å²) in [6.45, 7) is 0. The monoisotopic (exact) mass is 319 g/mol. The molecule has 0 saturated heterocycles. The minimum Gasteiger partial charge on any atom is -0.309 e. The number of halogens is 5. The Morgan fingerprint density at radius 1 is 0.900 bits per heavy atom. The average Bonchev–Trinajstić information content (AvgIpc) is 2.40. The van der Waals surface area contributed by atoms with Gasteiger partial charge in [-0.3, -0.25) is 0 Å². The molecule has 1 atom stereocenters. The zero-order chi connectivity index (χ0) is 14.9. The molecule has 0 spiro atoms. The van der Waals surface area contributed by atoms with Gasteiger partial charge >= 0.3 is 0 Å². The molecule has 6 heteroatoms. The third kappa shape index (κ3) is 2.92. The van der Waals surface area contributed by atoms with Crippen LogP contribution in [0.5, 0.6) is 0 Å². The van der Waals surface area contributed by atoms with E-state index in [1.54, 1.807) is 7.05 Å². The Morgan fingerprint density at radius 2 is 1.55 bits per heavy atom. The largest absolute Gasteiger partial charge is 0.309 e. The summed E-state index contributed by atoms with van der Waals surface area (Å²) in [6.07, 6.45) is 0. The van der Waals surface area contributed by atoms with Crippen LogP contribution < -0.4 is 5.32 Å². The highest BCUT2D eigenvalue weighted by molar-refractivity contribution is 6.31. The summed E-state index contributed by atoms with van der Waals surface area (Å²) in [7, 11) is 1.56. The lowest BCUT2D eigenvalue weighted by Gasteiger charge is -2.19. The molecule has 0 amide bonds. The predicted octanol–water partition coefficient (Wildman–Crippen LogP) is 4.72. The Labute approximate surface area is 124 Å². The molecule has 0 aromatic heterocycles. The molecule has 0 aliphatic heterocycles. The fourth-order valence-corrected chi connectivity index (χ4v) is 2.41. The van der Waals surface area contributed by atoms with Crippen molar-refractivity contribution in [3.63, 3.8) is 0 Å². The van der Waals surface area contributed by atoms with E-state index in [-0.39, 0.29) is 16.1 Å². The number of rotatable bonds is 3. The summed E-state index contributed by atoms with van der Waals surface area (Å²) in [5.41, 5.74) is 0.433. The highest BCUT2D eigenvalue weighted by atomic mass is 35.5. The van der Waals surface area contributed by atoms with Crippen LogP contribution in [0.25, 0.3) is 0 Å². The van der Waals surface area contributed by atoms with Crippen LogP contribution in [0.2, 0.25) is 10.0 Å². The van der Waals surface area contributed by atoms with Crippen LogP contribution >= 0.6 is 23.2 Å². The first kappa shape index (κ1) is 15.2. The van der Waals surface area contributed by atoms with Gasteiger partial charge in [0.25, 0.3) is 0 Å². The van der Waals surface area contributed by atoms with Crippen LogP contribution in [0.4, 0.5) is 13.2 Å². The molecule has 0 bridgehead atoms.